The fraction of sp³-hybridized carbons (Fsp3) is 0.154. The summed E-state index contributed by atoms with van der Waals surface area (Å²) in [4.78, 5) is 19.8. The highest BCUT2D eigenvalue weighted by Gasteiger charge is 2.32. The minimum absolute atomic E-state index is 0.217. The van der Waals surface area contributed by atoms with Gasteiger partial charge in [0.1, 0.15) is 28.8 Å². The maximum Gasteiger partial charge on any atom is 0.282 e. The molecule has 0 saturated carbocycles. The van der Waals surface area contributed by atoms with Gasteiger partial charge < -0.3 is 14.2 Å². The number of amidine groups is 1. The van der Waals surface area contributed by atoms with Gasteiger partial charge in [-0.2, -0.15) is 0 Å². The van der Waals surface area contributed by atoms with E-state index in [0.29, 0.717) is 35.3 Å². The standard InChI is InChI=1S/C26H24N2O4/c1-4-32-21-14-11-20(12-15-21)28-25(18-8-6-5-7-9-18)27-23(26(28)29)16-19-10-13-22(30-2)17-24(19)31-3/h5-17H,4H2,1-3H3/b23-16+. The quantitative estimate of drug-likeness (QED) is 0.500. The number of carbonyl (C=O) groups is 1. The lowest BCUT2D eigenvalue weighted by atomic mass is 10.1. The molecule has 4 rings (SSSR count). The van der Waals surface area contributed by atoms with Gasteiger partial charge in [0, 0.05) is 17.2 Å². The van der Waals surface area contributed by atoms with E-state index in [4.69, 9.17) is 19.2 Å². The average Bonchev–Trinajstić information content (AvgIpc) is 3.16. The molecule has 0 fully saturated rings. The second kappa shape index (κ2) is 9.39. The second-order valence-corrected chi connectivity index (χ2v) is 7.01. The van der Waals surface area contributed by atoms with Crippen LogP contribution < -0.4 is 19.1 Å². The first kappa shape index (κ1) is 21.2. The summed E-state index contributed by atoms with van der Waals surface area (Å²) in [6.07, 6.45) is 1.73. The number of nitrogens with zero attached hydrogens (tertiary/aromatic N) is 2. The Bertz CT molecular complexity index is 1170. The van der Waals surface area contributed by atoms with E-state index in [2.05, 4.69) is 0 Å². The van der Waals surface area contributed by atoms with E-state index in [1.807, 2.05) is 73.7 Å². The molecule has 3 aromatic rings. The normalized spacial score (nSPS) is 14.5. The van der Waals surface area contributed by atoms with Crippen molar-refractivity contribution in [2.45, 2.75) is 6.92 Å². The fourth-order valence-electron chi connectivity index (χ4n) is 3.48. The molecule has 0 unspecified atom stereocenters. The Hall–Kier alpha value is -4.06. The summed E-state index contributed by atoms with van der Waals surface area (Å²) in [6, 6.07) is 22.5. The number of benzene rings is 3. The van der Waals surface area contributed by atoms with Crippen molar-refractivity contribution >= 4 is 23.5 Å². The summed E-state index contributed by atoms with van der Waals surface area (Å²) >= 11 is 0. The van der Waals surface area contributed by atoms with E-state index in [-0.39, 0.29) is 5.91 Å². The Kier molecular flexibility index (Phi) is 6.22. The average molecular weight is 428 g/mol. The summed E-state index contributed by atoms with van der Waals surface area (Å²) in [5.74, 6) is 2.37. The molecule has 0 aliphatic carbocycles. The summed E-state index contributed by atoms with van der Waals surface area (Å²) in [5.41, 5.74) is 2.62. The van der Waals surface area contributed by atoms with Crippen molar-refractivity contribution < 1.29 is 19.0 Å². The number of aliphatic imine (C=N–C) groups is 1. The van der Waals surface area contributed by atoms with Crippen LogP contribution in [-0.2, 0) is 4.79 Å². The molecule has 6 heteroatoms. The molecule has 32 heavy (non-hydrogen) atoms. The second-order valence-electron chi connectivity index (χ2n) is 7.01. The molecule has 1 aliphatic heterocycles. The number of hydrogen-bond acceptors (Lipinski definition) is 5. The van der Waals surface area contributed by atoms with Gasteiger partial charge in [-0.15, -0.1) is 0 Å². The summed E-state index contributed by atoms with van der Waals surface area (Å²) in [7, 11) is 3.18. The number of carbonyl (C=O) groups excluding carboxylic acids is 1. The molecule has 0 N–H and O–H groups in total. The minimum Gasteiger partial charge on any atom is -0.497 e. The predicted octanol–water partition coefficient (Wildman–Crippen LogP) is 4.94. The van der Waals surface area contributed by atoms with Crippen LogP contribution in [0.5, 0.6) is 17.2 Å². The Morgan fingerprint density at radius 3 is 2.28 bits per heavy atom. The molecule has 1 aliphatic rings. The van der Waals surface area contributed by atoms with E-state index in [0.717, 1.165) is 16.9 Å². The lowest BCUT2D eigenvalue weighted by Gasteiger charge is -2.19. The third-order valence-electron chi connectivity index (χ3n) is 5.03. The molecule has 162 valence electrons. The van der Waals surface area contributed by atoms with Crippen LogP contribution in [0.1, 0.15) is 18.1 Å². The molecular formula is C26H24N2O4. The van der Waals surface area contributed by atoms with Crippen molar-refractivity contribution in [1.82, 2.24) is 0 Å². The molecule has 0 aromatic heterocycles. The van der Waals surface area contributed by atoms with Crippen LogP contribution in [0, 0.1) is 0 Å². The zero-order valence-corrected chi connectivity index (χ0v) is 18.2. The highest BCUT2D eigenvalue weighted by Crippen LogP contribution is 2.32. The van der Waals surface area contributed by atoms with Crippen molar-refractivity contribution in [2.75, 3.05) is 25.7 Å². The predicted molar refractivity (Wildman–Crippen MR) is 126 cm³/mol. The number of amides is 1. The van der Waals surface area contributed by atoms with Crippen LogP contribution in [-0.4, -0.2) is 32.6 Å². The van der Waals surface area contributed by atoms with Crippen molar-refractivity contribution in [3.05, 3.63) is 89.6 Å². The first-order valence-electron chi connectivity index (χ1n) is 10.3. The molecule has 1 heterocycles. The lowest BCUT2D eigenvalue weighted by molar-refractivity contribution is -0.113. The van der Waals surface area contributed by atoms with Gasteiger partial charge in [0.2, 0.25) is 0 Å². The van der Waals surface area contributed by atoms with Gasteiger partial charge in [0.15, 0.2) is 0 Å². The van der Waals surface area contributed by atoms with E-state index in [1.165, 1.54) is 0 Å². The van der Waals surface area contributed by atoms with Crippen LogP contribution in [0.2, 0.25) is 0 Å². The largest absolute Gasteiger partial charge is 0.497 e. The van der Waals surface area contributed by atoms with Crippen molar-refractivity contribution in [3.8, 4) is 17.2 Å². The van der Waals surface area contributed by atoms with Gasteiger partial charge in [0.25, 0.3) is 5.91 Å². The number of methoxy groups -OCH3 is 2. The van der Waals surface area contributed by atoms with Crippen LogP contribution in [0.4, 0.5) is 5.69 Å². The third-order valence-corrected chi connectivity index (χ3v) is 5.03. The first-order chi connectivity index (χ1) is 15.6. The van der Waals surface area contributed by atoms with Gasteiger partial charge in [-0.25, -0.2) is 4.99 Å². The Morgan fingerprint density at radius 2 is 1.62 bits per heavy atom. The monoisotopic (exact) mass is 428 g/mol. The zero-order valence-electron chi connectivity index (χ0n) is 18.2. The van der Waals surface area contributed by atoms with Crippen molar-refractivity contribution in [3.63, 3.8) is 0 Å². The Morgan fingerprint density at radius 1 is 0.906 bits per heavy atom. The summed E-state index contributed by atoms with van der Waals surface area (Å²) in [5, 5.41) is 0. The maximum atomic E-state index is 13.5. The summed E-state index contributed by atoms with van der Waals surface area (Å²) in [6.45, 7) is 2.51. The van der Waals surface area contributed by atoms with Gasteiger partial charge >= 0.3 is 0 Å². The third kappa shape index (κ3) is 4.21. The van der Waals surface area contributed by atoms with Crippen LogP contribution in [0.3, 0.4) is 0 Å². The van der Waals surface area contributed by atoms with Crippen molar-refractivity contribution in [2.24, 2.45) is 4.99 Å². The van der Waals surface area contributed by atoms with Gasteiger partial charge in [0.05, 0.1) is 26.5 Å². The topological polar surface area (TPSA) is 60.4 Å². The zero-order chi connectivity index (χ0) is 22.5. The van der Waals surface area contributed by atoms with Crippen LogP contribution in [0.15, 0.2) is 83.5 Å². The number of hydrogen-bond donors (Lipinski definition) is 0. The number of rotatable bonds is 7. The Balaban J connectivity index is 1.78. The molecule has 0 bridgehead atoms. The Labute approximate surface area is 187 Å². The van der Waals surface area contributed by atoms with E-state index in [9.17, 15) is 4.79 Å². The van der Waals surface area contributed by atoms with Gasteiger partial charge in [-0.3, -0.25) is 9.69 Å². The van der Waals surface area contributed by atoms with E-state index in [1.54, 1.807) is 31.3 Å². The van der Waals surface area contributed by atoms with Gasteiger partial charge in [-0.1, -0.05) is 30.3 Å². The van der Waals surface area contributed by atoms with Crippen LogP contribution in [0.25, 0.3) is 6.08 Å². The van der Waals surface area contributed by atoms with E-state index >= 15 is 0 Å². The smallest absolute Gasteiger partial charge is 0.282 e. The number of anilines is 1. The molecule has 0 radical (unpaired) electrons. The first-order valence-corrected chi connectivity index (χ1v) is 10.3. The van der Waals surface area contributed by atoms with Gasteiger partial charge in [-0.05, 0) is 49.4 Å². The molecule has 0 atom stereocenters. The van der Waals surface area contributed by atoms with Crippen molar-refractivity contribution in [1.29, 1.82) is 0 Å². The molecule has 6 nitrogen and oxygen atoms in total. The maximum absolute atomic E-state index is 13.5. The molecule has 0 saturated heterocycles. The minimum atomic E-state index is -0.217. The highest BCUT2D eigenvalue weighted by atomic mass is 16.5. The number of ether oxygens (including phenoxy) is 3. The summed E-state index contributed by atoms with van der Waals surface area (Å²) < 4.78 is 16.3. The fourth-order valence-corrected chi connectivity index (χ4v) is 3.48. The highest BCUT2D eigenvalue weighted by molar-refractivity contribution is 6.33. The van der Waals surface area contributed by atoms with Crippen LogP contribution >= 0.6 is 0 Å². The lowest BCUT2D eigenvalue weighted by Crippen LogP contribution is -2.32. The molecule has 3 aromatic carbocycles. The molecule has 1 amide bonds. The molecule has 0 spiro atoms. The SMILES string of the molecule is CCOc1ccc(N2C(=O)/C(=C\c3ccc(OC)cc3OC)N=C2c2ccccc2)cc1. The van der Waals surface area contributed by atoms with E-state index < -0.39 is 0 Å². The molecular weight excluding hydrogens is 404 g/mol.